The summed E-state index contributed by atoms with van der Waals surface area (Å²) in [4.78, 5) is 22.9. The smallest absolute Gasteiger partial charge is 0.348 e. The Balaban J connectivity index is 0.000000313. The van der Waals surface area contributed by atoms with Crippen LogP contribution in [-0.4, -0.2) is 30.2 Å². The quantitative estimate of drug-likeness (QED) is 0.652. The maximum atomic E-state index is 13.2. The maximum absolute atomic E-state index is 13.2. The second-order valence-electron chi connectivity index (χ2n) is 6.40. The highest BCUT2D eigenvalue weighted by Gasteiger charge is 2.13. The van der Waals surface area contributed by atoms with Crippen molar-refractivity contribution in [2.24, 2.45) is 0 Å². The van der Waals surface area contributed by atoms with Crippen LogP contribution in [0.1, 0.15) is 35.2 Å². The molecule has 1 aliphatic heterocycles. The zero-order valence-corrected chi connectivity index (χ0v) is 16.5. The number of piperidine rings is 1. The SMILES string of the molecule is N#Cc1cc(NC(=O)c2cccc([P+](=O)[O-])c2)ccc1F.OCC1CCCCN1. The molecular formula is C20H21FN3O4P. The predicted molar refractivity (Wildman–Crippen MR) is 105 cm³/mol. The first-order valence-corrected chi connectivity index (χ1v) is 10.2. The zero-order valence-electron chi connectivity index (χ0n) is 15.6. The second-order valence-corrected chi connectivity index (χ2v) is 7.43. The third-order valence-electron chi connectivity index (χ3n) is 4.30. The highest BCUT2D eigenvalue weighted by Crippen LogP contribution is 2.16. The van der Waals surface area contributed by atoms with Crippen LogP contribution in [0.25, 0.3) is 0 Å². The minimum atomic E-state index is -2.78. The van der Waals surface area contributed by atoms with Crippen LogP contribution in [0.4, 0.5) is 10.1 Å². The number of nitrogens with zero attached hydrogens (tertiary/aromatic N) is 1. The summed E-state index contributed by atoms with van der Waals surface area (Å²) in [6.45, 7) is 1.39. The average Bonchev–Trinajstić information content (AvgIpc) is 2.76. The van der Waals surface area contributed by atoms with Crippen molar-refractivity contribution >= 4 is 24.9 Å². The molecule has 0 spiro atoms. The number of benzene rings is 2. The molecule has 1 fully saturated rings. The monoisotopic (exact) mass is 417 g/mol. The number of anilines is 1. The first-order chi connectivity index (χ1) is 13.9. The summed E-state index contributed by atoms with van der Waals surface area (Å²) < 4.78 is 24.1. The lowest BCUT2D eigenvalue weighted by Gasteiger charge is -2.20. The van der Waals surface area contributed by atoms with Gasteiger partial charge in [0.15, 0.2) is 5.30 Å². The molecule has 0 saturated carbocycles. The zero-order chi connectivity index (χ0) is 21.2. The molecule has 3 N–H and O–H groups in total. The third kappa shape index (κ3) is 7.00. The van der Waals surface area contributed by atoms with E-state index in [0.29, 0.717) is 12.6 Å². The molecule has 3 rings (SSSR count). The van der Waals surface area contributed by atoms with Crippen LogP contribution in [0.2, 0.25) is 0 Å². The summed E-state index contributed by atoms with van der Waals surface area (Å²) in [7, 11) is -2.78. The molecule has 0 bridgehead atoms. The van der Waals surface area contributed by atoms with Gasteiger partial charge in [0.1, 0.15) is 11.9 Å². The van der Waals surface area contributed by atoms with E-state index in [9.17, 15) is 18.6 Å². The summed E-state index contributed by atoms with van der Waals surface area (Å²) in [5, 5.41) is 23.1. The minimum Gasteiger partial charge on any atom is -0.591 e. The van der Waals surface area contributed by atoms with Crippen molar-refractivity contribution in [3.05, 3.63) is 59.4 Å². The van der Waals surface area contributed by atoms with Crippen molar-refractivity contribution in [2.75, 3.05) is 18.5 Å². The van der Waals surface area contributed by atoms with Gasteiger partial charge in [0.05, 0.1) is 12.2 Å². The van der Waals surface area contributed by atoms with Gasteiger partial charge in [0.2, 0.25) is 0 Å². The Bertz CT molecular complexity index is 911. The van der Waals surface area contributed by atoms with Gasteiger partial charge in [-0.1, -0.05) is 17.1 Å². The Morgan fingerprint density at radius 3 is 2.72 bits per heavy atom. The Labute approximate surface area is 169 Å². The number of aliphatic hydroxyl groups excluding tert-OH is 1. The summed E-state index contributed by atoms with van der Waals surface area (Å²) in [5.74, 6) is -1.23. The van der Waals surface area contributed by atoms with E-state index in [0.717, 1.165) is 19.0 Å². The first-order valence-electron chi connectivity index (χ1n) is 9.04. The molecule has 2 unspecified atom stereocenters. The van der Waals surface area contributed by atoms with Gasteiger partial charge in [0.25, 0.3) is 5.91 Å². The number of rotatable bonds is 4. The van der Waals surface area contributed by atoms with Gasteiger partial charge in [-0.05, 0) is 49.7 Å². The second kappa shape index (κ2) is 11.3. The Morgan fingerprint density at radius 1 is 1.34 bits per heavy atom. The number of carbonyl (C=O) groups is 1. The van der Waals surface area contributed by atoms with Gasteiger partial charge in [-0.25, -0.2) is 4.39 Å². The molecule has 2 atom stereocenters. The molecule has 1 saturated heterocycles. The molecule has 152 valence electrons. The van der Waals surface area contributed by atoms with Gasteiger partial charge in [0, 0.05) is 23.4 Å². The number of carbonyl (C=O) groups excluding carboxylic acids is 1. The number of amides is 1. The first kappa shape index (κ1) is 22.6. The molecule has 9 heteroatoms. The van der Waals surface area contributed by atoms with Crippen LogP contribution < -0.4 is 20.8 Å². The standard InChI is InChI=1S/C14H8FN2O3P.C6H13NO/c15-13-5-4-11(6-10(13)8-16)17-14(18)9-2-1-3-12(7-9)21(19)20;8-5-6-3-1-2-4-7-6/h1-7H,(H,17,18);6-8H,1-5H2. The Morgan fingerprint density at radius 2 is 2.14 bits per heavy atom. The normalized spacial score (nSPS) is 16.1. The summed E-state index contributed by atoms with van der Waals surface area (Å²) in [6.07, 6.45) is 3.70. The predicted octanol–water partition coefficient (Wildman–Crippen LogP) is 1.80. The van der Waals surface area contributed by atoms with Crippen LogP contribution in [-0.2, 0) is 4.57 Å². The number of hydrogen-bond acceptors (Lipinski definition) is 6. The van der Waals surface area contributed by atoms with Crippen molar-refractivity contribution in [1.82, 2.24) is 5.32 Å². The number of nitrogens with one attached hydrogen (secondary N) is 2. The number of hydrogen-bond donors (Lipinski definition) is 3. The van der Waals surface area contributed by atoms with Gasteiger partial charge < -0.3 is 20.6 Å². The lowest BCUT2D eigenvalue weighted by molar-refractivity contribution is -0.160. The molecule has 0 radical (unpaired) electrons. The molecule has 0 aromatic heterocycles. The Kier molecular flexibility index (Phi) is 8.84. The van der Waals surface area contributed by atoms with Crippen LogP contribution in [0.15, 0.2) is 42.5 Å². The molecule has 1 aliphatic rings. The maximum Gasteiger partial charge on any atom is 0.348 e. The summed E-state index contributed by atoms with van der Waals surface area (Å²) >= 11 is 0. The van der Waals surface area contributed by atoms with E-state index < -0.39 is 19.8 Å². The van der Waals surface area contributed by atoms with E-state index in [1.807, 2.05) is 0 Å². The van der Waals surface area contributed by atoms with Crippen LogP contribution in [0, 0.1) is 17.1 Å². The van der Waals surface area contributed by atoms with Crippen LogP contribution >= 0.6 is 8.03 Å². The molecular weight excluding hydrogens is 396 g/mol. The summed E-state index contributed by atoms with van der Waals surface area (Å²) in [6, 6.07) is 11.1. The number of nitriles is 1. The van der Waals surface area contributed by atoms with Gasteiger partial charge >= 0.3 is 8.03 Å². The fourth-order valence-corrected chi connectivity index (χ4v) is 3.18. The molecule has 1 heterocycles. The fourth-order valence-electron chi connectivity index (χ4n) is 2.73. The molecule has 2 aromatic rings. The minimum absolute atomic E-state index is 0.0227. The highest BCUT2D eigenvalue weighted by molar-refractivity contribution is 7.45. The van der Waals surface area contributed by atoms with E-state index >= 15 is 0 Å². The fraction of sp³-hybridized carbons (Fsp3) is 0.300. The van der Waals surface area contributed by atoms with Gasteiger partial charge in [-0.3, -0.25) is 4.79 Å². The third-order valence-corrected chi connectivity index (χ3v) is 5.00. The van der Waals surface area contributed by atoms with Crippen molar-refractivity contribution in [1.29, 1.82) is 5.26 Å². The highest BCUT2D eigenvalue weighted by atomic mass is 31.1. The Hall–Kier alpha value is -2.69. The van der Waals surface area contributed by atoms with Crippen molar-refractivity contribution in [3.8, 4) is 6.07 Å². The topological polar surface area (TPSA) is 125 Å². The number of halogens is 1. The van der Waals surface area contributed by atoms with E-state index in [4.69, 9.17) is 10.4 Å². The lowest BCUT2D eigenvalue weighted by atomic mass is 10.1. The van der Waals surface area contributed by atoms with E-state index in [2.05, 4.69) is 10.6 Å². The molecule has 7 nitrogen and oxygen atoms in total. The summed E-state index contributed by atoms with van der Waals surface area (Å²) in [5.41, 5.74) is 0.202. The van der Waals surface area contributed by atoms with Crippen molar-refractivity contribution in [3.63, 3.8) is 0 Å². The van der Waals surface area contributed by atoms with E-state index in [1.165, 1.54) is 49.2 Å². The van der Waals surface area contributed by atoms with Crippen molar-refractivity contribution in [2.45, 2.75) is 25.3 Å². The van der Waals surface area contributed by atoms with Crippen LogP contribution in [0.3, 0.4) is 0 Å². The molecule has 29 heavy (non-hydrogen) atoms. The molecule has 0 aliphatic carbocycles. The largest absolute Gasteiger partial charge is 0.591 e. The van der Waals surface area contributed by atoms with Gasteiger partial charge in [-0.2, -0.15) is 5.26 Å². The van der Waals surface area contributed by atoms with E-state index in [1.54, 1.807) is 6.07 Å². The van der Waals surface area contributed by atoms with Crippen molar-refractivity contribution < 1.29 is 23.7 Å². The number of aliphatic hydroxyl groups is 1. The van der Waals surface area contributed by atoms with Crippen LogP contribution in [0.5, 0.6) is 0 Å². The lowest BCUT2D eigenvalue weighted by Crippen LogP contribution is -2.36. The average molecular weight is 417 g/mol. The molecule has 2 aromatic carbocycles. The molecule has 1 amide bonds. The van der Waals surface area contributed by atoms with Gasteiger partial charge in [-0.15, -0.1) is 0 Å². The van der Waals surface area contributed by atoms with E-state index in [-0.39, 0.29) is 22.1 Å².